The van der Waals surface area contributed by atoms with Gasteiger partial charge in [0.1, 0.15) is 5.82 Å². The van der Waals surface area contributed by atoms with Gasteiger partial charge in [-0.25, -0.2) is 4.39 Å². The molecule has 0 saturated heterocycles. The van der Waals surface area contributed by atoms with E-state index in [9.17, 15) is 9.18 Å². The predicted octanol–water partition coefficient (Wildman–Crippen LogP) is 2.73. The first-order valence-corrected chi connectivity index (χ1v) is 5.79. The highest BCUT2D eigenvalue weighted by Gasteiger charge is 2.20. The summed E-state index contributed by atoms with van der Waals surface area (Å²) in [5, 5.41) is 2.77. The van der Waals surface area contributed by atoms with Crippen LogP contribution in [0, 0.1) is 11.7 Å². The number of hydrogen-bond acceptors (Lipinski definition) is 2. The van der Waals surface area contributed by atoms with Crippen molar-refractivity contribution >= 4 is 40.4 Å². The summed E-state index contributed by atoms with van der Waals surface area (Å²) in [6, 6.07) is 3.73. The lowest BCUT2D eigenvalue weighted by Gasteiger charge is -2.14. The van der Waals surface area contributed by atoms with Crippen LogP contribution >= 0.6 is 23.8 Å². The molecular formula is C11H12ClFN2OS. The zero-order valence-electron chi connectivity index (χ0n) is 9.17. The number of amides is 1. The van der Waals surface area contributed by atoms with Crippen LogP contribution in [-0.2, 0) is 4.79 Å². The second-order valence-corrected chi connectivity index (χ2v) is 4.36. The van der Waals surface area contributed by atoms with E-state index < -0.39 is 11.7 Å². The summed E-state index contributed by atoms with van der Waals surface area (Å²) < 4.78 is 13.0. The molecule has 0 heterocycles. The van der Waals surface area contributed by atoms with Gasteiger partial charge in [-0.3, -0.25) is 4.79 Å². The quantitative estimate of drug-likeness (QED) is 0.830. The van der Waals surface area contributed by atoms with E-state index >= 15 is 0 Å². The molecule has 0 radical (unpaired) electrons. The third-order valence-corrected chi connectivity index (χ3v) is 2.87. The molecule has 0 saturated carbocycles. The number of carbonyl (C=O) groups is 1. The maximum atomic E-state index is 13.0. The lowest BCUT2D eigenvalue weighted by Crippen LogP contribution is -2.32. The summed E-state index contributed by atoms with van der Waals surface area (Å²) in [5.74, 6) is -1.44. The van der Waals surface area contributed by atoms with E-state index in [1.165, 1.54) is 12.1 Å². The Bertz CT molecular complexity index is 453. The highest BCUT2D eigenvalue weighted by molar-refractivity contribution is 7.80. The van der Waals surface area contributed by atoms with Crippen LogP contribution in [0.5, 0.6) is 0 Å². The van der Waals surface area contributed by atoms with Gasteiger partial charge in [0.2, 0.25) is 5.91 Å². The molecule has 1 unspecified atom stereocenters. The second-order valence-electron chi connectivity index (χ2n) is 3.48. The monoisotopic (exact) mass is 274 g/mol. The van der Waals surface area contributed by atoms with Gasteiger partial charge in [-0.1, -0.05) is 30.7 Å². The van der Waals surface area contributed by atoms with Crippen molar-refractivity contribution in [3.05, 3.63) is 29.0 Å². The van der Waals surface area contributed by atoms with E-state index in [1.54, 1.807) is 6.92 Å². The Hall–Kier alpha value is -1.20. The Balaban J connectivity index is 2.87. The Morgan fingerprint density at radius 2 is 2.29 bits per heavy atom. The van der Waals surface area contributed by atoms with Gasteiger partial charge >= 0.3 is 0 Å². The molecule has 0 fully saturated rings. The number of anilines is 1. The zero-order valence-corrected chi connectivity index (χ0v) is 10.7. The van der Waals surface area contributed by atoms with Gasteiger partial charge in [0, 0.05) is 0 Å². The smallest absolute Gasteiger partial charge is 0.234 e. The summed E-state index contributed by atoms with van der Waals surface area (Å²) in [7, 11) is 0. The fourth-order valence-corrected chi connectivity index (χ4v) is 1.77. The Labute approximate surface area is 109 Å². The standard InChI is InChI=1S/C11H12ClFN2OS/c1-2-7(10(14)17)11(16)15-9-5-6(13)3-4-8(9)12/h3-5,7H,2H2,1H3,(H2,14,17)(H,15,16). The largest absolute Gasteiger partial charge is 0.393 e. The molecule has 3 nitrogen and oxygen atoms in total. The van der Waals surface area contributed by atoms with Gasteiger partial charge in [0.15, 0.2) is 0 Å². The van der Waals surface area contributed by atoms with Crippen molar-refractivity contribution in [1.82, 2.24) is 0 Å². The van der Waals surface area contributed by atoms with E-state index in [1.807, 2.05) is 0 Å². The van der Waals surface area contributed by atoms with Gasteiger partial charge in [-0.15, -0.1) is 0 Å². The Kier molecular flexibility index (Phi) is 4.84. The van der Waals surface area contributed by atoms with Crippen LogP contribution in [0.15, 0.2) is 18.2 Å². The van der Waals surface area contributed by atoms with E-state index in [0.29, 0.717) is 6.42 Å². The lowest BCUT2D eigenvalue weighted by atomic mass is 10.1. The van der Waals surface area contributed by atoms with E-state index in [2.05, 4.69) is 5.32 Å². The molecule has 17 heavy (non-hydrogen) atoms. The van der Waals surface area contributed by atoms with Crippen molar-refractivity contribution in [3.8, 4) is 0 Å². The van der Waals surface area contributed by atoms with Gasteiger partial charge in [0.05, 0.1) is 21.6 Å². The number of nitrogens with two attached hydrogens (primary N) is 1. The lowest BCUT2D eigenvalue weighted by molar-refractivity contribution is -0.118. The molecule has 0 aliphatic carbocycles. The molecule has 0 aliphatic rings. The molecule has 1 aromatic carbocycles. The molecule has 1 amide bonds. The van der Waals surface area contributed by atoms with Crippen LogP contribution in [0.2, 0.25) is 5.02 Å². The van der Waals surface area contributed by atoms with Crippen LogP contribution in [0.4, 0.5) is 10.1 Å². The molecule has 0 aliphatic heterocycles. The number of nitrogens with one attached hydrogen (secondary N) is 1. The molecule has 1 rings (SSSR count). The fraction of sp³-hybridized carbons (Fsp3) is 0.273. The van der Waals surface area contributed by atoms with E-state index in [4.69, 9.17) is 29.6 Å². The average molecular weight is 275 g/mol. The maximum Gasteiger partial charge on any atom is 0.234 e. The van der Waals surface area contributed by atoms with Crippen molar-refractivity contribution in [2.45, 2.75) is 13.3 Å². The first kappa shape index (κ1) is 13.9. The molecule has 3 N–H and O–H groups in total. The first-order chi connectivity index (χ1) is 7.95. The average Bonchev–Trinajstić information content (AvgIpc) is 2.24. The first-order valence-electron chi connectivity index (χ1n) is 5.01. The number of hydrogen-bond donors (Lipinski definition) is 2. The third-order valence-electron chi connectivity index (χ3n) is 2.25. The normalized spacial score (nSPS) is 11.9. The number of benzene rings is 1. The number of carbonyl (C=O) groups excluding carboxylic acids is 1. The summed E-state index contributed by atoms with van der Waals surface area (Å²) in [4.78, 5) is 11.9. The third kappa shape index (κ3) is 3.64. The molecular weight excluding hydrogens is 263 g/mol. The molecule has 6 heteroatoms. The predicted molar refractivity (Wildman–Crippen MR) is 70.6 cm³/mol. The van der Waals surface area contributed by atoms with Crippen LogP contribution in [0.3, 0.4) is 0 Å². The molecule has 92 valence electrons. The molecule has 1 atom stereocenters. The molecule has 0 aromatic heterocycles. The highest BCUT2D eigenvalue weighted by atomic mass is 35.5. The molecule has 0 bridgehead atoms. The highest BCUT2D eigenvalue weighted by Crippen LogP contribution is 2.23. The minimum absolute atomic E-state index is 0.109. The van der Waals surface area contributed by atoms with Gasteiger partial charge < -0.3 is 11.1 Å². The topological polar surface area (TPSA) is 55.1 Å². The summed E-state index contributed by atoms with van der Waals surface area (Å²) in [6.07, 6.45) is 0.480. The maximum absolute atomic E-state index is 13.0. The minimum atomic E-state index is -0.579. The van der Waals surface area contributed by atoms with Crippen molar-refractivity contribution in [1.29, 1.82) is 0 Å². The SMILES string of the molecule is CCC(C(=O)Nc1cc(F)ccc1Cl)C(N)=S. The number of halogens is 2. The van der Waals surface area contributed by atoms with Gasteiger partial charge in [-0.05, 0) is 24.6 Å². The summed E-state index contributed by atoms with van der Waals surface area (Å²) in [5.41, 5.74) is 5.65. The summed E-state index contributed by atoms with van der Waals surface area (Å²) in [6.45, 7) is 1.79. The van der Waals surface area contributed by atoms with Crippen molar-refractivity contribution in [3.63, 3.8) is 0 Å². The van der Waals surface area contributed by atoms with Crippen LogP contribution < -0.4 is 11.1 Å². The Morgan fingerprint density at radius 1 is 1.65 bits per heavy atom. The fourth-order valence-electron chi connectivity index (χ4n) is 1.33. The zero-order chi connectivity index (χ0) is 13.0. The second kappa shape index (κ2) is 5.93. The van der Waals surface area contributed by atoms with E-state index in [-0.39, 0.29) is 21.6 Å². The van der Waals surface area contributed by atoms with Crippen LogP contribution in [-0.4, -0.2) is 10.9 Å². The van der Waals surface area contributed by atoms with E-state index in [0.717, 1.165) is 6.07 Å². The summed E-state index contributed by atoms with van der Waals surface area (Å²) >= 11 is 10.6. The van der Waals surface area contributed by atoms with Crippen molar-refractivity contribution in [2.75, 3.05) is 5.32 Å². The Morgan fingerprint density at radius 3 is 2.82 bits per heavy atom. The molecule has 1 aromatic rings. The number of thiocarbonyl (C=S) groups is 1. The van der Waals surface area contributed by atoms with Crippen molar-refractivity contribution in [2.24, 2.45) is 11.7 Å². The van der Waals surface area contributed by atoms with Crippen molar-refractivity contribution < 1.29 is 9.18 Å². The van der Waals surface area contributed by atoms with Gasteiger partial charge in [0.25, 0.3) is 0 Å². The van der Waals surface area contributed by atoms with Gasteiger partial charge in [-0.2, -0.15) is 0 Å². The van der Waals surface area contributed by atoms with Crippen LogP contribution in [0.25, 0.3) is 0 Å². The van der Waals surface area contributed by atoms with Crippen LogP contribution in [0.1, 0.15) is 13.3 Å². The number of rotatable bonds is 4. The molecule has 0 spiro atoms. The minimum Gasteiger partial charge on any atom is -0.393 e.